The number of hydrogen-bond acceptors (Lipinski definition) is 10. The lowest BCUT2D eigenvalue weighted by Crippen LogP contribution is -2.63. The second kappa shape index (κ2) is 17.2. The monoisotopic (exact) mass is 653 g/mol. The Balaban J connectivity index is 0.000000777. The molecule has 0 amide bonds. The van der Waals surface area contributed by atoms with E-state index in [4.69, 9.17) is 43.8 Å². The highest BCUT2D eigenvalue weighted by atomic mass is 35.5. The minimum Gasteiger partial charge on any atom is -0.338 e. The predicted molar refractivity (Wildman–Crippen MR) is 193 cm³/mol. The maximum atomic E-state index is 6.67. The second-order valence-electron chi connectivity index (χ2n) is 16.1. The zero-order valence-electron chi connectivity index (χ0n) is 30.5. The summed E-state index contributed by atoms with van der Waals surface area (Å²) in [6.07, 6.45) is 10.5. The number of piperidine rings is 2. The molecule has 1 aromatic heterocycles. The summed E-state index contributed by atoms with van der Waals surface area (Å²) in [7, 11) is 0. The van der Waals surface area contributed by atoms with Crippen LogP contribution in [0.25, 0.3) is 0 Å². The van der Waals surface area contributed by atoms with Gasteiger partial charge in [-0.25, -0.2) is 0 Å². The van der Waals surface area contributed by atoms with Crippen molar-refractivity contribution < 1.29 is 0 Å². The molecule has 2 saturated heterocycles. The van der Waals surface area contributed by atoms with Gasteiger partial charge in [0.2, 0.25) is 17.2 Å². The second-order valence-corrected chi connectivity index (χ2v) is 16.5. The van der Waals surface area contributed by atoms with E-state index in [1.807, 2.05) is 0 Å². The van der Waals surface area contributed by atoms with Crippen LogP contribution in [0.15, 0.2) is 0 Å². The van der Waals surface area contributed by atoms with E-state index in [-0.39, 0.29) is 28.2 Å². The fourth-order valence-corrected chi connectivity index (χ4v) is 7.76. The normalized spacial score (nSPS) is 21.5. The lowest BCUT2D eigenvalue weighted by atomic mass is 9.79. The minimum atomic E-state index is 0.0377. The van der Waals surface area contributed by atoms with Crippen LogP contribution in [-0.4, -0.2) is 81.4 Å². The van der Waals surface area contributed by atoms with Gasteiger partial charge in [0.25, 0.3) is 0 Å². The number of aromatic nitrogens is 3. The van der Waals surface area contributed by atoms with Gasteiger partial charge in [-0.2, -0.15) is 15.0 Å². The molecule has 45 heavy (non-hydrogen) atoms. The third kappa shape index (κ3) is 13.4. The van der Waals surface area contributed by atoms with E-state index in [0.717, 1.165) is 89.2 Å². The first kappa shape index (κ1) is 39.9. The molecule has 0 radical (unpaired) electrons. The summed E-state index contributed by atoms with van der Waals surface area (Å²) in [5, 5.41) is 7.95. The van der Waals surface area contributed by atoms with E-state index < -0.39 is 0 Å². The molecule has 0 aromatic carbocycles. The minimum absolute atomic E-state index is 0.0377. The largest absolute Gasteiger partial charge is 0.338 e. The summed E-state index contributed by atoms with van der Waals surface area (Å²) in [4.78, 5) is 19.5. The molecule has 3 rings (SSSR count). The maximum absolute atomic E-state index is 6.67. The van der Waals surface area contributed by atoms with Crippen LogP contribution in [0.1, 0.15) is 133 Å². The number of hydrogen-bond donors (Lipinski definition) is 5. The molecule has 11 heteroatoms. The van der Waals surface area contributed by atoms with Crippen LogP contribution in [0.3, 0.4) is 0 Å². The van der Waals surface area contributed by atoms with Gasteiger partial charge in [-0.05, 0) is 125 Å². The molecule has 1 unspecified atom stereocenters. The van der Waals surface area contributed by atoms with Crippen molar-refractivity contribution in [2.75, 3.05) is 36.0 Å². The zero-order valence-corrected chi connectivity index (χ0v) is 31.2. The van der Waals surface area contributed by atoms with Gasteiger partial charge < -0.3 is 37.6 Å². The Morgan fingerprint density at radius 3 is 1.40 bits per heavy atom. The molecule has 2 fully saturated rings. The lowest BCUT2D eigenvalue weighted by Gasteiger charge is -2.50. The summed E-state index contributed by atoms with van der Waals surface area (Å²) in [5.74, 6) is 1.46. The lowest BCUT2D eigenvalue weighted by molar-refractivity contribution is 0.157. The molecule has 8 N–H and O–H groups in total. The molecule has 0 saturated carbocycles. The molecule has 0 spiro atoms. The van der Waals surface area contributed by atoms with E-state index in [1.165, 1.54) is 0 Å². The number of nitrogens with zero attached hydrogens (tertiary/aromatic N) is 5. The van der Waals surface area contributed by atoms with Crippen molar-refractivity contribution in [2.24, 2.45) is 17.2 Å². The highest BCUT2D eigenvalue weighted by molar-refractivity contribution is 6.28. The topological polar surface area (TPSA) is 147 Å². The first-order chi connectivity index (χ1) is 20.9. The Kier molecular flexibility index (Phi) is 15.2. The van der Waals surface area contributed by atoms with Gasteiger partial charge in [-0.15, -0.1) is 0 Å². The Labute approximate surface area is 280 Å². The average Bonchev–Trinajstić information content (AvgIpc) is 2.89. The molecule has 10 nitrogen and oxygen atoms in total. The Morgan fingerprint density at radius 2 is 1.09 bits per heavy atom. The average molecular weight is 653 g/mol. The molecule has 0 bridgehead atoms. The molecular formula is C34H69ClN10. The number of anilines is 2. The van der Waals surface area contributed by atoms with Crippen molar-refractivity contribution in [1.29, 1.82) is 0 Å². The number of halogens is 1. The maximum Gasteiger partial charge on any atom is 0.231 e. The van der Waals surface area contributed by atoms with E-state index in [9.17, 15) is 0 Å². The number of rotatable bonds is 14. The third-order valence-electron chi connectivity index (χ3n) is 8.90. The van der Waals surface area contributed by atoms with Crippen molar-refractivity contribution in [3.8, 4) is 0 Å². The SMILES string of the molecule is CCCCN(c1nc(Cl)nc(N(CCCC)C2CC(C)(C)NC(C)(C)C2)n1)C1CC(C)(C)NC(C)(C)C1.NCCCC(N)CN. The molecule has 2 aliphatic rings. The summed E-state index contributed by atoms with van der Waals surface area (Å²) in [6.45, 7) is 26.1. The van der Waals surface area contributed by atoms with Gasteiger partial charge in [0.05, 0.1) is 0 Å². The summed E-state index contributed by atoms with van der Waals surface area (Å²) in [6, 6.07) is 0.827. The van der Waals surface area contributed by atoms with Gasteiger partial charge in [0.15, 0.2) is 0 Å². The van der Waals surface area contributed by atoms with E-state index in [0.29, 0.717) is 30.5 Å². The van der Waals surface area contributed by atoms with Crippen LogP contribution in [0, 0.1) is 0 Å². The van der Waals surface area contributed by atoms with Gasteiger partial charge in [-0.3, -0.25) is 0 Å². The first-order valence-corrected chi connectivity index (χ1v) is 17.9. The van der Waals surface area contributed by atoms with Crippen LogP contribution in [-0.2, 0) is 0 Å². The Bertz CT molecular complexity index is 914. The van der Waals surface area contributed by atoms with E-state index in [2.05, 4.69) is 89.7 Å². The Morgan fingerprint density at radius 1 is 0.711 bits per heavy atom. The molecule has 2 aliphatic heterocycles. The smallest absolute Gasteiger partial charge is 0.231 e. The highest BCUT2D eigenvalue weighted by Crippen LogP contribution is 2.36. The van der Waals surface area contributed by atoms with E-state index in [1.54, 1.807) is 0 Å². The van der Waals surface area contributed by atoms with Crippen molar-refractivity contribution in [1.82, 2.24) is 25.6 Å². The van der Waals surface area contributed by atoms with Crippen molar-refractivity contribution in [3.05, 3.63) is 5.28 Å². The van der Waals surface area contributed by atoms with Gasteiger partial charge in [0, 0.05) is 59.9 Å². The van der Waals surface area contributed by atoms with Crippen LogP contribution in [0.4, 0.5) is 11.9 Å². The van der Waals surface area contributed by atoms with Crippen molar-refractivity contribution in [2.45, 2.75) is 174 Å². The molecule has 1 atom stereocenters. The van der Waals surface area contributed by atoms with Crippen LogP contribution >= 0.6 is 11.6 Å². The van der Waals surface area contributed by atoms with Gasteiger partial charge in [-0.1, -0.05) is 26.7 Å². The zero-order chi connectivity index (χ0) is 34.1. The molecule has 0 aliphatic carbocycles. The first-order valence-electron chi connectivity index (χ1n) is 17.6. The summed E-state index contributed by atoms with van der Waals surface area (Å²) < 4.78 is 0. The van der Waals surface area contributed by atoms with E-state index >= 15 is 0 Å². The fraction of sp³-hybridized carbons (Fsp3) is 0.912. The van der Waals surface area contributed by atoms with Crippen LogP contribution in [0.5, 0.6) is 0 Å². The summed E-state index contributed by atoms with van der Waals surface area (Å²) >= 11 is 6.67. The standard InChI is InChI=1S/C29H54ClN7.C5H15N3/c1-11-13-15-36(21-17-26(3,4)34-27(5,6)18-21)24-31-23(30)32-25(33-24)37(16-14-12-2)22-19-28(7,8)35-29(9,10)20-22;6-3-1-2-5(8)4-7/h21-22,34-35H,11-20H2,1-10H3;5H,1-4,6-8H2. The van der Waals surface area contributed by atoms with Gasteiger partial charge >= 0.3 is 0 Å². The third-order valence-corrected chi connectivity index (χ3v) is 9.07. The Hall–Kier alpha value is -1.30. The molecule has 262 valence electrons. The van der Waals surface area contributed by atoms with Gasteiger partial charge in [0.1, 0.15) is 0 Å². The van der Waals surface area contributed by atoms with Crippen molar-refractivity contribution in [3.63, 3.8) is 0 Å². The summed E-state index contributed by atoms with van der Waals surface area (Å²) in [5.41, 5.74) is 16.1. The van der Waals surface area contributed by atoms with Crippen LogP contribution < -0.4 is 37.6 Å². The van der Waals surface area contributed by atoms with Crippen LogP contribution in [0.2, 0.25) is 5.28 Å². The molecule has 3 heterocycles. The predicted octanol–water partition coefficient (Wildman–Crippen LogP) is 5.37. The van der Waals surface area contributed by atoms with Crippen molar-refractivity contribution >= 4 is 23.5 Å². The molecular weight excluding hydrogens is 584 g/mol. The number of nitrogens with one attached hydrogen (secondary N) is 2. The quantitative estimate of drug-likeness (QED) is 0.178. The number of unbranched alkanes of at least 4 members (excludes halogenated alkanes) is 2. The number of nitrogens with two attached hydrogens (primary N) is 3. The molecule has 1 aromatic rings. The highest BCUT2D eigenvalue weighted by Gasteiger charge is 2.42. The fourth-order valence-electron chi connectivity index (χ4n) is 7.61.